The predicted octanol–water partition coefficient (Wildman–Crippen LogP) is 6.87. The van der Waals surface area contributed by atoms with Crippen molar-refractivity contribution in [1.29, 1.82) is 0 Å². The summed E-state index contributed by atoms with van der Waals surface area (Å²) in [4.78, 5) is 11.2. The normalized spacial score (nSPS) is 15.0. The number of halogens is 1. The van der Waals surface area contributed by atoms with Gasteiger partial charge < -0.3 is 15.0 Å². The molecule has 35 heavy (non-hydrogen) atoms. The molecule has 5 nitrogen and oxygen atoms in total. The Kier molecular flexibility index (Phi) is 5.80. The zero-order valence-electron chi connectivity index (χ0n) is 19.4. The Bertz CT molecular complexity index is 1510. The number of thiazole rings is 1. The van der Waals surface area contributed by atoms with Crippen molar-refractivity contribution in [3.05, 3.63) is 78.2 Å². The molecular formula is C28H25FN4OS. The zero-order chi connectivity index (χ0) is 23.8. The number of nitrogens with zero attached hydrogens (tertiary/aromatic N) is 3. The number of anilines is 2. The van der Waals surface area contributed by atoms with Gasteiger partial charge in [0.15, 0.2) is 0 Å². The topological polar surface area (TPSA) is 50.3 Å². The molecule has 176 valence electrons. The van der Waals surface area contributed by atoms with E-state index in [1.54, 1.807) is 23.6 Å². The Hall–Kier alpha value is -3.55. The van der Waals surface area contributed by atoms with Crippen molar-refractivity contribution < 1.29 is 9.13 Å². The monoisotopic (exact) mass is 484 g/mol. The van der Waals surface area contributed by atoms with E-state index in [0.29, 0.717) is 11.3 Å². The SMILES string of the molecule is CN1CCC(Oc2ccc(-c3ccc4c(Nc5ccc6scnc6c5)ccnc4c3)c(F)c2)CC1. The lowest BCUT2D eigenvalue weighted by Gasteiger charge is -2.29. The summed E-state index contributed by atoms with van der Waals surface area (Å²) in [6.45, 7) is 2.01. The Labute approximate surface area is 207 Å². The molecule has 5 aromatic rings. The minimum atomic E-state index is -0.291. The summed E-state index contributed by atoms with van der Waals surface area (Å²) in [7, 11) is 2.11. The number of aromatic nitrogens is 2. The van der Waals surface area contributed by atoms with Gasteiger partial charge in [-0.25, -0.2) is 9.37 Å². The molecule has 0 amide bonds. The summed E-state index contributed by atoms with van der Waals surface area (Å²) >= 11 is 1.63. The van der Waals surface area contributed by atoms with E-state index in [1.165, 1.54) is 6.07 Å². The van der Waals surface area contributed by atoms with Gasteiger partial charge in [-0.15, -0.1) is 11.3 Å². The number of ether oxygens (including phenoxy) is 1. The fraction of sp³-hybridized carbons (Fsp3) is 0.214. The van der Waals surface area contributed by atoms with Gasteiger partial charge in [-0.05, 0) is 67.9 Å². The highest BCUT2D eigenvalue weighted by Gasteiger charge is 2.19. The van der Waals surface area contributed by atoms with Crippen LogP contribution in [-0.2, 0) is 0 Å². The highest BCUT2D eigenvalue weighted by atomic mass is 32.1. The summed E-state index contributed by atoms with van der Waals surface area (Å²) in [6, 6.07) is 19.1. The van der Waals surface area contributed by atoms with Gasteiger partial charge >= 0.3 is 0 Å². The number of hydrogen-bond acceptors (Lipinski definition) is 6. The molecule has 0 unspecified atom stereocenters. The second kappa shape index (κ2) is 9.24. The van der Waals surface area contributed by atoms with Crippen LogP contribution in [0.4, 0.5) is 15.8 Å². The lowest BCUT2D eigenvalue weighted by atomic mass is 10.0. The van der Waals surface area contributed by atoms with Crippen LogP contribution >= 0.6 is 11.3 Å². The molecular weight excluding hydrogens is 459 g/mol. The van der Waals surface area contributed by atoms with Crippen LogP contribution in [-0.4, -0.2) is 41.1 Å². The molecule has 1 aliphatic rings. The van der Waals surface area contributed by atoms with Gasteiger partial charge in [-0.1, -0.05) is 12.1 Å². The minimum absolute atomic E-state index is 0.142. The summed E-state index contributed by atoms with van der Waals surface area (Å²) < 4.78 is 22.3. The van der Waals surface area contributed by atoms with Crippen molar-refractivity contribution in [2.45, 2.75) is 18.9 Å². The van der Waals surface area contributed by atoms with Gasteiger partial charge in [-0.2, -0.15) is 0 Å². The van der Waals surface area contributed by atoms with E-state index in [-0.39, 0.29) is 11.9 Å². The number of piperidine rings is 1. The second-order valence-corrected chi connectivity index (χ2v) is 9.90. The summed E-state index contributed by atoms with van der Waals surface area (Å²) in [5.41, 5.74) is 6.85. The van der Waals surface area contributed by atoms with Gasteiger partial charge in [0, 0.05) is 47.7 Å². The Balaban J connectivity index is 1.25. The van der Waals surface area contributed by atoms with E-state index in [1.807, 2.05) is 48.0 Å². The Morgan fingerprint density at radius 1 is 0.971 bits per heavy atom. The molecule has 0 bridgehead atoms. The van der Waals surface area contributed by atoms with Crippen molar-refractivity contribution in [3.63, 3.8) is 0 Å². The molecule has 0 radical (unpaired) electrons. The average molecular weight is 485 g/mol. The average Bonchev–Trinajstić information content (AvgIpc) is 3.33. The zero-order valence-corrected chi connectivity index (χ0v) is 20.2. The third-order valence-corrected chi connectivity index (χ3v) is 7.38. The standard InChI is InChI=1S/C28H25FN4OS/c1-33-12-9-20(10-13-33)34-21-4-6-22(24(29)16-21)18-2-5-23-25(8-11-30-26(23)14-18)32-19-3-7-28-27(15-19)31-17-35-28/h2-8,11,14-17,20H,9-10,12-13H2,1H3,(H,30,32). The third kappa shape index (κ3) is 4.57. The summed E-state index contributed by atoms with van der Waals surface area (Å²) in [5.74, 6) is 0.295. The first kappa shape index (κ1) is 21.9. The molecule has 1 aliphatic heterocycles. The quantitative estimate of drug-likeness (QED) is 0.295. The van der Waals surface area contributed by atoms with E-state index in [0.717, 1.165) is 64.0 Å². The van der Waals surface area contributed by atoms with Gasteiger partial charge in [0.1, 0.15) is 17.7 Å². The van der Waals surface area contributed by atoms with Crippen LogP contribution < -0.4 is 10.1 Å². The number of fused-ring (bicyclic) bond motifs is 2. The molecule has 6 rings (SSSR count). The van der Waals surface area contributed by atoms with E-state index in [2.05, 4.69) is 33.3 Å². The van der Waals surface area contributed by atoms with Crippen molar-refractivity contribution in [1.82, 2.24) is 14.9 Å². The second-order valence-electron chi connectivity index (χ2n) is 9.01. The maximum atomic E-state index is 15.1. The highest BCUT2D eigenvalue weighted by molar-refractivity contribution is 7.16. The van der Waals surface area contributed by atoms with Crippen LogP contribution in [0, 0.1) is 5.82 Å². The molecule has 0 spiro atoms. The summed E-state index contributed by atoms with van der Waals surface area (Å²) in [5, 5.41) is 4.45. The van der Waals surface area contributed by atoms with E-state index in [9.17, 15) is 0 Å². The number of benzene rings is 3. The van der Waals surface area contributed by atoms with Gasteiger partial charge in [-0.3, -0.25) is 4.98 Å². The molecule has 0 atom stereocenters. The van der Waals surface area contributed by atoms with Crippen LogP contribution in [0.2, 0.25) is 0 Å². The van der Waals surface area contributed by atoms with Gasteiger partial charge in [0.05, 0.1) is 21.2 Å². The highest BCUT2D eigenvalue weighted by Crippen LogP contribution is 2.33. The largest absolute Gasteiger partial charge is 0.490 e. The fourth-order valence-corrected chi connectivity index (χ4v) is 5.27. The maximum Gasteiger partial charge on any atom is 0.134 e. The minimum Gasteiger partial charge on any atom is -0.490 e. The van der Waals surface area contributed by atoms with E-state index < -0.39 is 0 Å². The lowest BCUT2D eigenvalue weighted by Crippen LogP contribution is -2.35. The number of nitrogens with one attached hydrogen (secondary N) is 1. The third-order valence-electron chi connectivity index (χ3n) is 6.57. The lowest BCUT2D eigenvalue weighted by molar-refractivity contribution is 0.114. The smallest absolute Gasteiger partial charge is 0.134 e. The maximum absolute atomic E-state index is 15.1. The van der Waals surface area contributed by atoms with Crippen LogP contribution in [0.5, 0.6) is 5.75 Å². The Morgan fingerprint density at radius 3 is 2.71 bits per heavy atom. The molecule has 1 fully saturated rings. The Morgan fingerprint density at radius 2 is 1.86 bits per heavy atom. The molecule has 0 aliphatic carbocycles. The first-order chi connectivity index (χ1) is 17.1. The molecule has 7 heteroatoms. The van der Waals surface area contributed by atoms with Crippen LogP contribution in [0.25, 0.3) is 32.2 Å². The molecule has 0 saturated carbocycles. The molecule has 3 heterocycles. The van der Waals surface area contributed by atoms with Gasteiger partial charge in [0.25, 0.3) is 0 Å². The van der Waals surface area contributed by atoms with E-state index >= 15 is 4.39 Å². The molecule has 2 aromatic heterocycles. The van der Waals surface area contributed by atoms with Crippen LogP contribution in [0.15, 0.2) is 72.4 Å². The van der Waals surface area contributed by atoms with Crippen molar-refractivity contribution in [2.75, 3.05) is 25.5 Å². The molecule has 3 aromatic carbocycles. The molecule has 1 saturated heterocycles. The fourth-order valence-electron chi connectivity index (χ4n) is 4.61. The number of likely N-dealkylation sites (tertiary alicyclic amines) is 1. The van der Waals surface area contributed by atoms with Crippen LogP contribution in [0.3, 0.4) is 0 Å². The van der Waals surface area contributed by atoms with Crippen LogP contribution in [0.1, 0.15) is 12.8 Å². The van der Waals surface area contributed by atoms with E-state index in [4.69, 9.17) is 4.74 Å². The number of hydrogen-bond donors (Lipinski definition) is 1. The van der Waals surface area contributed by atoms with Crippen molar-refractivity contribution >= 4 is 43.8 Å². The van der Waals surface area contributed by atoms with Crippen molar-refractivity contribution in [3.8, 4) is 16.9 Å². The summed E-state index contributed by atoms with van der Waals surface area (Å²) in [6.07, 6.45) is 3.84. The number of rotatable bonds is 5. The van der Waals surface area contributed by atoms with Gasteiger partial charge in [0.2, 0.25) is 0 Å². The first-order valence-corrected chi connectivity index (χ1v) is 12.6. The number of pyridine rings is 1. The van der Waals surface area contributed by atoms with Crippen molar-refractivity contribution in [2.24, 2.45) is 0 Å². The predicted molar refractivity (Wildman–Crippen MR) is 141 cm³/mol. The first-order valence-electron chi connectivity index (χ1n) is 11.8. The molecule has 1 N–H and O–H groups in total.